The van der Waals surface area contributed by atoms with Crippen molar-refractivity contribution in [3.8, 4) is 0 Å². The molecule has 3 saturated heterocycles. The lowest BCUT2D eigenvalue weighted by Gasteiger charge is -2.28. The van der Waals surface area contributed by atoms with Crippen LogP contribution >= 0.6 is 12.6 Å². The highest BCUT2D eigenvalue weighted by molar-refractivity contribution is 7.80. The Labute approximate surface area is 217 Å². The van der Waals surface area contributed by atoms with Crippen molar-refractivity contribution in [3.05, 3.63) is 36.1 Å². The Bertz CT molecular complexity index is 1090. The Balaban J connectivity index is 1.24. The number of hydrogen-bond acceptors (Lipinski definition) is 5. The maximum absolute atomic E-state index is 5.21. The number of fused-ring (bicyclic) bond motifs is 1. The molecule has 3 atom stereocenters. The van der Waals surface area contributed by atoms with Gasteiger partial charge in [0.2, 0.25) is 0 Å². The van der Waals surface area contributed by atoms with Gasteiger partial charge in [-0.3, -0.25) is 0 Å². The van der Waals surface area contributed by atoms with Crippen LogP contribution in [0.5, 0.6) is 0 Å². The van der Waals surface area contributed by atoms with E-state index in [0.29, 0.717) is 16.7 Å². The standard InChI is InChI=1S/C30H42N4S/c1-20-16-34(19-29(20,2)3)22-10-8-21(9-11-22)31-28-26(32-12-6-7-13-32)14-23(15-27(28)35)33-17-24-25(18-33)30(24,4)5/h8,10-11,14-15,20,24-25,35H,6-7,9,12-13,16-19H2,1-5H3. The van der Waals surface area contributed by atoms with Crippen molar-refractivity contribution in [3.63, 3.8) is 0 Å². The van der Waals surface area contributed by atoms with Crippen LogP contribution in [-0.2, 0) is 0 Å². The van der Waals surface area contributed by atoms with Crippen LogP contribution in [0.3, 0.4) is 0 Å². The molecular formula is C30H42N4S. The molecule has 0 radical (unpaired) electrons. The fourth-order valence-corrected chi connectivity index (χ4v) is 7.20. The van der Waals surface area contributed by atoms with E-state index in [1.807, 2.05) is 0 Å². The Morgan fingerprint density at radius 3 is 2.23 bits per heavy atom. The fraction of sp³-hybridized carbons (Fsp3) is 0.633. The van der Waals surface area contributed by atoms with Gasteiger partial charge in [0.25, 0.3) is 0 Å². The Morgan fingerprint density at radius 2 is 1.63 bits per heavy atom. The van der Waals surface area contributed by atoms with Gasteiger partial charge in [-0.25, -0.2) is 4.99 Å². The van der Waals surface area contributed by atoms with Crippen LogP contribution in [0.4, 0.5) is 17.1 Å². The first-order valence-electron chi connectivity index (χ1n) is 13.7. The van der Waals surface area contributed by atoms with E-state index in [0.717, 1.165) is 60.7 Å². The summed E-state index contributed by atoms with van der Waals surface area (Å²) in [6, 6.07) is 4.67. The topological polar surface area (TPSA) is 22.1 Å². The second-order valence-corrected chi connectivity index (χ2v) is 13.5. The van der Waals surface area contributed by atoms with Crippen molar-refractivity contribution >= 4 is 35.4 Å². The molecule has 5 aliphatic rings. The minimum absolute atomic E-state index is 0.377. The summed E-state index contributed by atoms with van der Waals surface area (Å²) in [6.07, 6.45) is 10.3. The number of rotatable bonds is 4. The summed E-state index contributed by atoms with van der Waals surface area (Å²) in [6.45, 7) is 18.9. The summed E-state index contributed by atoms with van der Waals surface area (Å²) >= 11 is 5.00. The SMILES string of the molecule is CC1CN(C2=CCC(=Nc3c(S)cc(N4CC5C(C4)C5(C)C)cc3N3CCCC3)C=C2)CC1(C)C. The summed E-state index contributed by atoms with van der Waals surface area (Å²) < 4.78 is 0. The molecule has 35 heavy (non-hydrogen) atoms. The van der Waals surface area contributed by atoms with Crippen LogP contribution < -0.4 is 9.80 Å². The molecule has 0 aromatic heterocycles. The first kappa shape index (κ1) is 23.5. The van der Waals surface area contributed by atoms with E-state index in [2.05, 4.69) is 79.7 Å². The van der Waals surface area contributed by atoms with Gasteiger partial charge in [-0.05, 0) is 65.7 Å². The third-order valence-electron chi connectivity index (χ3n) is 10.0. The average Bonchev–Trinajstić information content (AvgIpc) is 3.37. The maximum Gasteiger partial charge on any atom is 0.100 e. The number of nitrogens with zero attached hydrogens (tertiary/aromatic N) is 4. The van der Waals surface area contributed by atoms with Crippen molar-refractivity contribution < 1.29 is 0 Å². The van der Waals surface area contributed by atoms with Crippen molar-refractivity contribution in [1.82, 2.24) is 4.90 Å². The number of benzene rings is 1. The minimum atomic E-state index is 0.377. The molecule has 3 heterocycles. The normalized spacial score (nSPS) is 31.9. The maximum atomic E-state index is 5.21. The van der Waals surface area contributed by atoms with E-state index in [-0.39, 0.29) is 0 Å². The monoisotopic (exact) mass is 490 g/mol. The number of hydrogen-bond donors (Lipinski definition) is 1. The molecule has 1 saturated carbocycles. The molecule has 2 aliphatic carbocycles. The second kappa shape index (κ2) is 8.33. The molecule has 3 aliphatic heterocycles. The van der Waals surface area contributed by atoms with Gasteiger partial charge in [-0.2, -0.15) is 0 Å². The molecular weight excluding hydrogens is 448 g/mol. The number of allylic oxidation sites excluding steroid dienone is 3. The number of aliphatic imine (C=N–C) groups is 1. The van der Waals surface area contributed by atoms with Crippen LogP contribution in [-0.4, -0.2) is 49.9 Å². The van der Waals surface area contributed by atoms with E-state index < -0.39 is 0 Å². The predicted molar refractivity (Wildman–Crippen MR) is 152 cm³/mol. The van der Waals surface area contributed by atoms with Gasteiger partial charge in [-0.15, -0.1) is 12.6 Å². The molecule has 4 fully saturated rings. The quantitative estimate of drug-likeness (QED) is 0.483. The first-order chi connectivity index (χ1) is 16.6. The second-order valence-electron chi connectivity index (χ2n) is 13.0. The lowest BCUT2D eigenvalue weighted by molar-refractivity contribution is 0.300. The Hall–Kier alpha value is -1.88. The number of thiol groups is 1. The van der Waals surface area contributed by atoms with E-state index in [1.54, 1.807) is 0 Å². The highest BCUT2D eigenvalue weighted by atomic mass is 32.1. The number of piperidine rings is 1. The van der Waals surface area contributed by atoms with Crippen molar-refractivity contribution in [1.29, 1.82) is 0 Å². The summed E-state index contributed by atoms with van der Waals surface area (Å²) in [7, 11) is 0. The molecule has 6 rings (SSSR count). The highest BCUT2D eigenvalue weighted by Crippen LogP contribution is 2.62. The summed E-state index contributed by atoms with van der Waals surface area (Å²) in [5.74, 6) is 2.41. The summed E-state index contributed by atoms with van der Waals surface area (Å²) in [5.41, 5.74) is 7.06. The van der Waals surface area contributed by atoms with Crippen LogP contribution in [0.2, 0.25) is 0 Å². The van der Waals surface area contributed by atoms with Gasteiger partial charge < -0.3 is 14.7 Å². The number of likely N-dealkylation sites (tertiary alicyclic amines) is 1. The Kier molecular flexibility index (Phi) is 5.59. The molecule has 0 bridgehead atoms. The van der Waals surface area contributed by atoms with Crippen LogP contribution in [0, 0.1) is 28.6 Å². The third kappa shape index (κ3) is 4.12. The highest BCUT2D eigenvalue weighted by Gasteiger charge is 2.62. The van der Waals surface area contributed by atoms with Crippen LogP contribution in [0.1, 0.15) is 53.9 Å². The molecule has 5 heteroatoms. The molecule has 188 valence electrons. The van der Waals surface area contributed by atoms with Gasteiger partial charge in [0.1, 0.15) is 5.69 Å². The van der Waals surface area contributed by atoms with E-state index in [1.165, 1.54) is 43.0 Å². The van der Waals surface area contributed by atoms with Crippen LogP contribution in [0.15, 0.2) is 45.9 Å². The predicted octanol–water partition coefficient (Wildman–Crippen LogP) is 6.56. The van der Waals surface area contributed by atoms with E-state index in [4.69, 9.17) is 17.6 Å². The largest absolute Gasteiger partial charge is 0.371 e. The molecule has 3 unspecified atom stereocenters. The molecule has 1 aromatic rings. The summed E-state index contributed by atoms with van der Waals surface area (Å²) in [5, 5.41) is 0. The molecule has 0 spiro atoms. The van der Waals surface area contributed by atoms with Gasteiger partial charge in [0.05, 0.1) is 5.69 Å². The van der Waals surface area contributed by atoms with Crippen molar-refractivity contribution in [2.45, 2.75) is 58.8 Å². The first-order valence-corrected chi connectivity index (χ1v) is 14.2. The smallest absolute Gasteiger partial charge is 0.100 e. The van der Waals surface area contributed by atoms with Gasteiger partial charge in [-0.1, -0.05) is 40.7 Å². The number of anilines is 2. The third-order valence-corrected chi connectivity index (χ3v) is 10.3. The zero-order chi connectivity index (χ0) is 24.5. The molecule has 4 nitrogen and oxygen atoms in total. The summed E-state index contributed by atoms with van der Waals surface area (Å²) in [4.78, 5) is 13.9. The van der Waals surface area contributed by atoms with Gasteiger partial charge in [0, 0.05) is 67.7 Å². The van der Waals surface area contributed by atoms with Crippen molar-refractivity contribution in [2.75, 3.05) is 49.1 Å². The van der Waals surface area contributed by atoms with Crippen LogP contribution in [0.25, 0.3) is 0 Å². The fourth-order valence-electron chi connectivity index (χ4n) is 6.90. The average molecular weight is 491 g/mol. The van der Waals surface area contributed by atoms with E-state index in [9.17, 15) is 0 Å². The zero-order valence-electron chi connectivity index (χ0n) is 22.2. The molecule has 1 aromatic carbocycles. The lowest BCUT2D eigenvalue weighted by atomic mass is 9.84. The molecule has 0 amide bonds. The van der Waals surface area contributed by atoms with Gasteiger partial charge in [0.15, 0.2) is 0 Å². The van der Waals surface area contributed by atoms with E-state index >= 15 is 0 Å². The molecule has 0 N–H and O–H groups in total. The van der Waals surface area contributed by atoms with Gasteiger partial charge >= 0.3 is 0 Å². The zero-order valence-corrected chi connectivity index (χ0v) is 23.1. The lowest BCUT2D eigenvalue weighted by Crippen LogP contribution is -2.26. The Morgan fingerprint density at radius 1 is 0.914 bits per heavy atom. The van der Waals surface area contributed by atoms with Crippen molar-refractivity contribution in [2.24, 2.45) is 33.6 Å². The minimum Gasteiger partial charge on any atom is -0.371 e.